The number of halogens is 1. The summed E-state index contributed by atoms with van der Waals surface area (Å²) in [6.45, 7) is 7.01. The van der Waals surface area contributed by atoms with E-state index >= 15 is 0 Å². The zero-order valence-electron chi connectivity index (χ0n) is 19.4. The second-order valence-corrected chi connectivity index (χ2v) is 8.04. The van der Waals surface area contributed by atoms with E-state index in [2.05, 4.69) is 15.5 Å². The Morgan fingerprint density at radius 1 is 1.18 bits per heavy atom. The van der Waals surface area contributed by atoms with Crippen LogP contribution in [0.3, 0.4) is 0 Å². The first-order valence-electron chi connectivity index (χ1n) is 11.3. The minimum absolute atomic E-state index is 0.0864. The fourth-order valence-corrected chi connectivity index (χ4v) is 4.01. The highest BCUT2D eigenvalue weighted by Crippen LogP contribution is 2.32. The molecule has 4 amide bonds. The topological polar surface area (TPSA) is 94.2 Å². The van der Waals surface area contributed by atoms with Gasteiger partial charge in [0.2, 0.25) is 0 Å². The Kier molecular flexibility index (Phi) is 8.26. The van der Waals surface area contributed by atoms with Gasteiger partial charge in [0.25, 0.3) is 0 Å². The smallest absolute Gasteiger partial charge is 0.338 e. The van der Waals surface area contributed by atoms with E-state index in [0.717, 1.165) is 6.42 Å². The quantitative estimate of drug-likeness (QED) is 0.607. The molecule has 0 saturated carbocycles. The molecule has 2 aliphatic heterocycles. The van der Waals surface area contributed by atoms with Crippen molar-refractivity contribution in [2.24, 2.45) is 0 Å². The molecule has 33 heavy (non-hydrogen) atoms. The molecule has 1 fully saturated rings. The average Bonchev–Trinajstić information content (AvgIpc) is 2.81. The molecule has 2 aliphatic rings. The van der Waals surface area contributed by atoms with Gasteiger partial charge < -0.3 is 20.3 Å². The maximum atomic E-state index is 14.6. The van der Waals surface area contributed by atoms with E-state index in [0.29, 0.717) is 45.0 Å². The molecular formula is C23H32FN5O4. The van der Waals surface area contributed by atoms with Crippen molar-refractivity contribution in [2.45, 2.75) is 26.3 Å². The molecule has 0 aliphatic carbocycles. The number of piperazine rings is 1. The van der Waals surface area contributed by atoms with Crippen molar-refractivity contribution in [3.8, 4) is 0 Å². The summed E-state index contributed by atoms with van der Waals surface area (Å²) in [5.41, 5.74) is 0.887. The summed E-state index contributed by atoms with van der Waals surface area (Å²) in [5.74, 6) is -1.11. The number of hydrogen-bond donors (Lipinski definition) is 2. The lowest BCUT2D eigenvalue weighted by molar-refractivity contribution is -0.139. The zero-order valence-corrected chi connectivity index (χ0v) is 19.4. The van der Waals surface area contributed by atoms with E-state index in [1.54, 1.807) is 37.1 Å². The van der Waals surface area contributed by atoms with E-state index in [1.807, 2.05) is 6.92 Å². The van der Waals surface area contributed by atoms with Gasteiger partial charge in [0.15, 0.2) is 0 Å². The monoisotopic (exact) mass is 461 g/mol. The highest BCUT2D eigenvalue weighted by molar-refractivity contribution is 5.95. The Morgan fingerprint density at radius 3 is 2.52 bits per heavy atom. The van der Waals surface area contributed by atoms with Crippen molar-refractivity contribution in [1.29, 1.82) is 0 Å². The number of amides is 4. The molecule has 1 atom stereocenters. The van der Waals surface area contributed by atoms with Crippen LogP contribution in [0.2, 0.25) is 0 Å². The van der Waals surface area contributed by atoms with Crippen LogP contribution in [0.25, 0.3) is 0 Å². The molecule has 3 rings (SSSR count). The van der Waals surface area contributed by atoms with Crippen LogP contribution in [0.1, 0.15) is 31.9 Å². The number of benzene rings is 1. The molecule has 0 spiro atoms. The molecule has 2 N–H and O–H groups in total. The van der Waals surface area contributed by atoms with Crippen molar-refractivity contribution >= 4 is 18.0 Å². The third kappa shape index (κ3) is 5.62. The van der Waals surface area contributed by atoms with E-state index in [-0.39, 0.29) is 23.8 Å². The van der Waals surface area contributed by atoms with Crippen LogP contribution in [0.4, 0.5) is 14.0 Å². The van der Waals surface area contributed by atoms with E-state index in [9.17, 15) is 18.8 Å². The minimum atomic E-state index is -0.954. The summed E-state index contributed by atoms with van der Waals surface area (Å²) in [4.78, 5) is 43.1. The number of nitrogens with zero attached hydrogens (tertiary/aromatic N) is 3. The molecule has 0 radical (unpaired) electrons. The lowest BCUT2D eigenvalue weighted by Gasteiger charge is -2.39. The number of urea groups is 2. The third-order valence-corrected chi connectivity index (χ3v) is 5.85. The third-order valence-electron chi connectivity index (χ3n) is 5.85. The number of likely N-dealkylation sites (N-methyl/N-ethyl adjacent to an activating group) is 1. The molecule has 0 bridgehead atoms. The summed E-state index contributed by atoms with van der Waals surface area (Å²) in [7, 11) is 1.58. The first-order valence-corrected chi connectivity index (χ1v) is 11.3. The van der Waals surface area contributed by atoms with Crippen LogP contribution in [-0.2, 0) is 9.53 Å². The number of hydrogen-bond acceptors (Lipinski definition) is 5. The van der Waals surface area contributed by atoms with Gasteiger partial charge in [-0.2, -0.15) is 0 Å². The largest absolute Gasteiger partial charge is 0.463 e. The Labute approximate surface area is 193 Å². The predicted octanol–water partition coefficient (Wildman–Crippen LogP) is 2.08. The molecule has 180 valence electrons. The molecule has 10 heteroatoms. The second-order valence-electron chi connectivity index (χ2n) is 8.04. The van der Waals surface area contributed by atoms with E-state index in [1.165, 1.54) is 11.0 Å². The van der Waals surface area contributed by atoms with E-state index < -0.39 is 23.9 Å². The number of rotatable bonds is 7. The Morgan fingerprint density at radius 2 is 1.88 bits per heavy atom. The normalized spacial score (nSPS) is 19.4. The summed E-state index contributed by atoms with van der Waals surface area (Å²) < 4.78 is 19.9. The summed E-state index contributed by atoms with van der Waals surface area (Å²) in [5, 5.41) is 5.61. The zero-order chi connectivity index (χ0) is 24.0. The van der Waals surface area contributed by atoms with Crippen molar-refractivity contribution < 1.29 is 23.5 Å². The number of carbonyl (C=O) groups is 3. The Hall–Kier alpha value is -3.14. The molecule has 1 saturated heterocycles. The van der Waals surface area contributed by atoms with Crippen molar-refractivity contribution in [3.63, 3.8) is 0 Å². The molecule has 1 aromatic rings. The van der Waals surface area contributed by atoms with E-state index in [4.69, 9.17) is 4.74 Å². The fraction of sp³-hybridized carbons (Fsp3) is 0.522. The summed E-state index contributed by atoms with van der Waals surface area (Å²) in [6, 6.07) is 4.60. The molecular weight excluding hydrogens is 429 g/mol. The van der Waals surface area contributed by atoms with Gasteiger partial charge in [0.05, 0.1) is 18.2 Å². The Balaban J connectivity index is 1.86. The van der Waals surface area contributed by atoms with Crippen LogP contribution < -0.4 is 10.6 Å². The molecule has 0 aromatic heterocycles. The summed E-state index contributed by atoms with van der Waals surface area (Å²) in [6.07, 6.45) is 0.869. The number of esters is 1. The highest BCUT2D eigenvalue weighted by atomic mass is 19.1. The standard InChI is InChI=1S/C23H32FN5O4/c1-4-10-25-22(31)29-13-11-28(12-14-29)15-18-19(21(30)33-5-2)20(26-23(32)27(18)3)16-8-6-7-9-17(16)24/h6-9,20H,4-5,10-15H2,1-3H3,(H,25,31)(H,26,32)/t20-/m0/s1. The van der Waals surface area contributed by atoms with Crippen molar-refractivity contribution in [3.05, 3.63) is 46.9 Å². The maximum Gasteiger partial charge on any atom is 0.338 e. The van der Waals surface area contributed by atoms with Crippen LogP contribution >= 0.6 is 0 Å². The van der Waals surface area contributed by atoms with Gasteiger partial charge in [-0.15, -0.1) is 0 Å². The van der Waals surface area contributed by atoms with Gasteiger partial charge >= 0.3 is 18.0 Å². The van der Waals surface area contributed by atoms with Crippen LogP contribution in [0, 0.1) is 5.82 Å². The van der Waals surface area contributed by atoms with Crippen LogP contribution in [-0.4, -0.2) is 85.7 Å². The lowest BCUT2D eigenvalue weighted by atomic mass is 9.94. The van der Waals surface area contributed by atoms with Crippen molar-refractivity contribution in [2.75, 3.05) is 52.9 Å². The van der Waals surface area contributed by atoms with Gasteiger partial charge in [0.1, 0.15) is 5.82 Å². The number of ether oxygens (including phenoxy) is 1. The highest BCUT2D eigenvalue weighted by Gasteiger charge is 2.38. The first kappa shape index (κ1) is 24.5. The van der Waals surface area contributed by atoms with Gasteiger partial charge in [-0.05, 0) is 19.4 Å². The number of carbonyl (C=O) groups excluding carboxylic acids is 3. The first-order chi connectivity index (χ1) is 15.9. The van der Waals surface area contributed by atoms with Crippen LogP contribution in [0.5, 0.6) is 0 Å². The number of nitrogens with one attached hydrogen (secondary N) is 2. The van der Waals surface area contributed by atoms with Gasteiger partial charge in [-0.3, -0.25) is 9.80 Å². The SMILES string of the molecule is CCCNC(=O)N1CCN(CC2=C(C(=O)OCC)[C@H](c3ccccc3F)NC(=O)N2C)CC1. The van der Waals surface area contributed by atoms with Crippen LogP contribution in [0.15, 0.2) is 35.5 Å². The predicted molar refractivity (Wildman–Crippen MR) is 121 cm³/mol. The molecule has 2 heterocycles. The molecule has 0 unspecified atom stereocenters. The lowest BCUT2D eigenvalue weighted by Crippen LogP contribution is -2.54. The van der Waals surface area contributed by atoms with Gasteiger partial charge in [-0.1, -0.05) is 25.1 Å². The second kappa shape index (κ2) is 11.1. The fourth-order valence-electron chi connectivity index (χ4n) is 4.01. The van der Waals surface area contributed by atoms with Gasteiger partial charge in [-0.25, -0.2) is 18.8 Å². The van der Waals surface area contributed by atoms with Crippen molar-refractivity contribution in [1.82, 2.24) is 25.3 Å². The minimum Gasteiger partial charge on any atom is -0.463 e. The van der Waals surface area contributed by atoms with Gasteiger partial charge in [0, 0.05) is 57.6 Å². The Bertz CT molecular complexity index is 914. The average molecular weight is 462 g/mol. The maximum absolute atomic E-state index is 14.6. The molecule has 1 aromatic carbocycles. The summed E-state index contributed by atoms with van der Waals surface area (Å²) >= 11 is 0. The molecule has 9 nitrogen and oxygen atoms in total.